The van der Waals surface area contributed by atoms with Gasteiger partial charge in [0.15, 0.2) is 0 Å². The quantitative estimate of drug-likeness (QED) is 0.590. The molecule has 1 amide bonds. The van der Waals surface area contributed by atoms with Crippen molar-refractivity contribution in [2.75, 3.05) is 7.11 Å². The number of amides is 1. The van der Waals surface area contributed by atoms with Gasteiger partial charge in [0.05, 0.1) is 7.11 Å². The molecule has 1 fully saturated rings. The zero-order valence-electron chi connectivity index (χ0n) is 20.0. The third kappa shape index (κ3) is 3.75. The number of ether oxygens (including phenoxy) is 2. The molecule has 5 rings (SSSR count). The van der Waals surface area contributed by atoms with Crippen molar-refractivity contribution in [2.24, 2.45) is 0 Å². The molecule has 1 aliphatic carbocycles. The van der Waals surface area contributed by atoms with E-state index >= 15 is 0 Å². The Kier molecular flexibility index (Phi) is 5.42. The van der Waals surface area contributed by atoms with E-state index in [9.17, 15) is 9.59 Å². The number of hydrogen-bond donors (Lipinski definition) is 2. The van der Waals surface area contributed by atoms with Crippen LogP contribution in [0.25, 0.3) is 11.1 Å². The van der Waals surface area contributed by atoms with Crippen molar-refractivity contribution in [3.8, 4) is 22.8 Å². The number of pyridine rings is 2. The van der Waals surface area contributed by atoms with Crippen molar-refractivity contribution in [1.82, 2.24) is 15.3 Å². The highest BCUT2D eigenvalue weighted by atomic mass is 16.5. The monoisotopic (exact) mass is 459 g/mol. The molecule has 1 aromatic carbocycles. The summed E-state index contributed by atoms with van der Waals surface area (Å²) in [5.74, 6) is 1.39. The molecule has 0 spiro atoms. The minimum Gasteiger partial charge on any atom is -0.486 e. The van der Waals surface area contributed by atoms with E-state index in [0.717, 1.165) is 53.0 Å². The summed E-state index contributed by atoms with van der Waals surface area (Å²) in [5.41, 5.74) is 5.12. The Morgan fingerprint density at radius 2 is 2.12 bits per heavy atom. The molecule has 0 saturated heterocycles. The Morgan fingerprint density at radius 3 is 2.82 bits per heavy atom. The largest absolute Gasteiger partial charge is 0.486 e. The lowest BCUT2D eigenvalue weighted by molar-refractivity contribution is 0.0950. The molecule has 0 unspecified atom stereocenters. The number of nitrogens with one attached hydrogen (secondary N) is 2. The van der Waals surface area contributed by atoms with Crippen molar-refractivity contribution in [3.63, 3.8) is 0 Å². The first-order valence-electron chi connectivity index (χ1n) is 11.6. The van der Waals surface area contributed by atoms with E-state index in [2.05, 4.69) is 22.2 Å². The highest BCUT2D eigenvalue weighted by molar-refractivity contribution is 5.97. The number of H-pyrrole nitrogens is 1. The summed E-state index contributed by atoms with van der Waals surface area (Å²) >= 11 is 0. The van der Waals surface area contributed by atoms with E-state index < -0.39 is 0 Å². The van der Waals surface area contributed by atoms with Gasteiger partial charge in [-0.2, -0.15) is 0 Å². The molecule has 176 valence electrons. The van der Waals surface area contributed by atoms with Crippen LogP contribution in [0.5, 0.6) is 11.6 Å². The number of aryl methyl sites for hydroxylation is 2. The van der Waals surface area contributed by atoms with E-state index in [1.807, 2.05) is 38.1 Å². The number of fused-ring (bicyclic) bond motifs is 3. The summed E-state index contributed by atoms with van der Waals surface area (Å²) in [6.45, 7) is 6.04. The Labute approximate surface area is 198 Å². The van der Waals surface area contributed by atoms with Crippen LogP contribution in [0.3, 0.4) is 0 Å². The molecule has 3 aromatic rings. The second kappa shape index (κ2) is 8.31. The number of aromatic amines is 1. The van der Waals surface area contributed by atoms with Gasteiger partial charge in [0.2, 0.25) is 5.88 Å². The summed E-state index contributed by atoms with van der Waals surface area (Å²) in [4.78, 5) is 32.8. The van der Waals surface area contributed by atoms with Gasteiger partial charge < -0.3 is 19.8 Å². The molecule has 7 nitrogen and oxygen atoms in total. The molecule has 34 heavy (non-hydrogen) atoms. The standard InChI is InChI=1S/C27H29N3O4/c1-15-10-16(2)30-26(32)21(15)14-29-25(31)18-11-19(17-7-8-23(33-4)28-13-17)24-20(12-18)22-6-5-9-27(22,3)34-24/h7-8,10-13,22H,5-6,9,14H2,1-4H3,(H,29,31)(H,30,32)/t22-,27-/m0/s1. The van der Waals surface area contributed by atoms with Crippen LogP contribution >= 0.6 is 0 Å². The average molecular weight is 460 g/mol. The van der Waals surface area contributed by atoms with Gasteiger partial charge in [-0.3, -0.25) is 9.59 Å². The number of rotatable bonds is 5. The first-order valence-corrected chi connectivity index (χ1v) is 11.6. The molecule has 2 aliphatic rings. The molecule has 2 N–H and O–H groups in total. The van der Waals surface area contributed by atoms with Crippen LogP contribution in [0.2, 0.25) is 0 Å². The maximum atomic E-state index is 13.3. The first kappa shape index (κ1) is 22.2. The molecule has 0 bridgehead atoms. The number of methoxy groups -OCH3 is 1. The Hall–Kier alpha value is -3.61. The number of benzene rings is 1. The predicted octanol–water partition coefficient (Wildman–Crippen LogP) is 4.41. The van der Waals surface area contributed by atoms with Gasteiger partial charge in [-0.15, -0.1) is 0 Å². The van der Waals surface area contributed by atoms with Gasteiger partial charge >= 0.3 is 0 Å². The summed E-state index contributed by atoms with van der Waals surface area (Å²) in [6, 6.07) is 9.45. The van der Waals surface area contributed by atoms with Crippen LogP contribution in [0.15, 0.2) is 41.3 Å². The second-order valence-electron chi connectivity index (χ2n) is 9.52. The van der Waals surface area contributed by atoms with E-state index in [1.165, 1.54) is 0 Å². The fraction of sp³-hybridized carbons (Fsp3) is 0.370. The Balaban J connectivity index is 1.52. The summed E-state index contributed by atoms with van der Waals surface area (Å²) < 4.78 is 11.7. The third-order valence-corrected chi connectivity index (χ3v) is 7.17. The van der Waals surface area contributed by atoms with Crippen LogP contribution in [0.4, 0.5) is 0 Å². The summed E-state index contributed by atoms with van der Waals surface area (Å²) in [6.07, 6.45) is 4.87. The van der Waals surface area contributed by atoms with Gasteiger partial charge in [0.25, 0.3) is 11.5 Å². The molecule has 2 atom stereocenters. The van der Waals surface area contributed by atoms with E-state index in [0.29, 0.717) is 17.0 Å². The normalized spacial score (nSPS) is 20.4. The molecular weight excluding hydrogens is 430 g/mol. The number of hydrogen-bond acceptors (Lipinski definition) is 5. The van der Waals surface area contributed by atoms with Crippen LogP contribution in [-0.4, -0.2) is 28.6 Å². The van der Waals surface area contributed by atoms with Crippen molar-refractivity contribution in [1.29, 1.82) is 0 Å². The second-order valence-corrected chi connectivity index (χ2v) is 9.52. The van der Waals surface area contributed by atoms with Crippen molar-refractivity contribution in [3.05, 3.63) is 74.8 Å². The van der Waals surface area contributed by atoms with Gasteiger partial charge in [-0.1, -0.05) is 0 Å². The topological polar surface area (TPSA) is 93.3 Å². The fourth-order valence-electron chi connectivity index (χ4n) is 5.38. The number of carbonyl (C=O) groups is 1. The van der Waals surface area contributed by atoms with Crippen LogP contribution in [0, 0.1) is 13.8 Å². The molecule has 3 heterocycles. The number of nitrogens with zero attached hydrogens (tertiary/aromatic N) is 1. The Bertz CT molecular complexity index is 1330. The smallest absolute Gasteiger partial charge is 0.253 e. The van der Waals surface area contributed by atoms with Gasteiger partial charge in [0, 0.05) is 58.2 Å². The van der Waals surface area contributed by atoms with Crippen LogP contribution in [-0.2, 0) is 6.54 Å². The zero-order chi connectivity index (χ0) is 24.0. The van der Waals surface area contributed by atoms with Gasteiger partial charge in [-0.05, 0) is 69.9 Å². The molecular formula is C27H29N3O4. The number of carbonyl (C=O) groups excluding carboxylic acids is 1. The van der Waals surface area contributed by atoms with E-state index in [-0.39, 0.29) is 29.5 Å². The van der Waals surface area contributed by atoms with Gasteiger partial charge in [-0.25, -0.2) is 4.98 Å². The lowest BCUT2D eigenvalue weighted by Crippen LogP contribution is -2.29. The van der Waals surface area contributed by atoms with Crippen LogP contribution < -0.4 is 20.3 Å². The van der Waals surface area contributed by atoms with Crippen molar-refractivity contribution in [2.45, 2.75) is 58.1 Å². The first-order chi connectivity index (χ1) is 16.3. The summed E-state index contributed by atoms with van der Waals surface area (Å²) in [5, 5.41) is 2.94. The summed E-state index contributed by atoms with van der Waals surface area (Å²) in [7, 11) is 1.58. The highest BCUT2D eigenvalue weighted by Gasteiger charge is 2.49. The molecule has 1 saturated carbocycles. The minimum atomic E-state index is -0.252. The maximum Gasteiger partial charge on any atom is 0.253 e. The van der Waals surface area contributed by atoms with Crippen molar-refractivity contribution < 1.29 is 14.3 Å². The maximum absolute atomic E-state index is 13.3. The lowest BCUT2D eigenvalue weighted by Gasteiger charge is -2.23. The molecule has 1 aliphatic heterocycles. The molecule has 7 heteroatoms. The Morgan fingerprint density at radius 1 is 1.29 bits per heavy atom. The molecule has 0 radical (unpaired) electrons. The van der Waals surface area contributed by atoms with Gasteiger partial charge in [0.1, 0.15) is 11.4 Å². The average Bonchev–Trinajstić information content (AvgIpc) is 3.31. The minimum absolute atomic E-state index is 0.161. The lowest BCUT2D eigenvalue weighted by atomic mass is 9.86. The van der Waals surface area contributed by atoms with E-state index in [1.54, 1.807) is 19.4 Å². The van der Waals surface area contributed by atoms with Crippen LogP contribution in [0.1, 0.15) is 64.8 Å². The SMILES string of the molecule is COc1ccc(-c2cc(C(=O)NCc3c(C)cc(C)[nH]c3=O)cc3c2O[C@@]2(C)CCC[C@@H]32)cn1. The molecule has 2 aromatic heterocycles. The zero-order valence-corrected chi connectivity index (χ0v) is 20.0. The predicted molar refractivity (Wildman–Crippen MR) is 130 cm³/mol. The highest BCUT2D eigenvalue weighted by Crippen LogP contribution is 2.56. The number of aromatic nitrogens is 2. The van der Waals surface area contributed by atoms with Crippen molar-refractivity contribution >= 4 is 5.91 Å². The fourth-order valence-corrected chi connectivity index (χ4v) is 5.38. The van der Waals surface area contributed by atoms with E-state index in [4.69, 9.17) is 9.47 Å². The third-order valence-electron chi connectivity index (χ3n) is 7.17.